The number of urea groups is 1. The minimum Gasteiger partial charge on any atom is -0.481 e. The summed E-state index contributed by atoms with van der Waals surface area (Å²) < 4.78 is 0. The van der Waals surface area contributed by atoms with Gasteiger partial charge in [0.2, 0.25) is 70.9 Å². The summed E-state index contributed by atoms with van der Waals surface area (Å²) in [7, 11) is 0.750. The molecule has 0 radical (unpaired) electrons. The number of carbonyl (C=O) groups is 16. The number of amides is 16. The van der Waals surface area contributed by atoms with E-state index in [0.29, 0.717) is 34.4 Å². The van der Waals surface area contributed by atoms with Crippen molar-refractivity contribution >= 4 is 122 Å². The molecule has 16 amide bonds. The average Bonchev–Trinajstić information content (AvgIpc) is 1.57. The summed E-state index contributed by atoms with van der Waals surface area (Å²) in [6.45, 7) is 10.5. The summed E-state index contributed by atoms with van der Waals surface area (Å²) in [4.78, 5) is 233. The van der Waals surface area contributed by atoms with Crippen LogP contribution in [0, 0.1) is 29.1 Å². The van der Waals surface area contributed by atoms with Gasteiger partial charge in [0.05, 0.1) is 19.6 Å². The number of aliphatic hydroxyl groups is 2. The summed E-state index contributed by atoms with van der Waals surface area (Å²) in [6.07, 6.45) is -0.179. The van der Waals surface area contributed by atoms with E-state index in [-0.39, 0.29) is 96.3 Å². The first-order valence-corrected chi connectivity index (χ1v) is 36.9. The highest BCUT2D eigenvalue weighted by Gasteiger charge is 2.47. The standard InChI is InChI=1S/C63H102N18O19S2/c1-9-31(6)44-53(93)77-58-56(96)75-46(33(8)11-3)61(99)80-24-14-17-39(80)51(91)69-35(27-43(85)86)47(87)66-22-20-42(84)73-63(100)76-45(32(7)10-2)54(94)78-57(101-102-58)55(95)72-38(29-83)49(89)68-34(16-12-21-67-62(64)65)48(88)71-37(28-82)50(90)70-36(26-30(4)5)59(97)81-25-15-19-41(81)60(98)79-23-13-18-40(79)52(92)74-44/h30-41,44-46,57-58,82-83H,9-29H2,1-8H3,(H,66,87)(H,68,89)(H,69,91)(H,70,90)(H,71,88)(H,72,95)(H,74,92)(H,75,96)(H,77,93)(H,78,94)(H,85,86)(H4,64,65,67)(H2,73,76,84,100)/t31-,32-,33-,34-,35-,36-,37-,38-,39-,40-,41-,44-,45-,46-,57-,58-/m0/s1. The van der Waals surface area contributed by atoms with Gasteiger partial charge in [0.25, 0.3) is 11.8 Å². The van der Waals surface area contributed by atoms with E-state index in [4.69, 9.17) is 11.1 Å². The summed E-state index contributed by atoms with van der Waals surface area (Å²) in [5, 5.41) is 66.9. The van der Waals surface area contributed by atoms with Crippen molar-refractivity contribution in [3.8, 4) is 0 Å². The second-order valence-electron chi connectivity index (χ2n) is 26.6. The van der Waals surface area contributed by atoms with E-state index in [1.54, 1.807) is 48.5 Å². The Balaban J connectivity index is 1.71. The minimum absolute atomic E-state index is 0.00721. The molecule has 0 aromatic heterocycles. The fourth-order valence-corrected chi connectivity index (χ4v) is 14.6. The molecule has 0 aliphatic carbocycles. The van der Waals surface area contributed by atoms with Gasteiger partial charge in [0.15, 0.2) is 16.7 Å². The number of imide groups is 1. The Bertz CT molecular complexity index is 3100. The number of aliphatic carboxylic acids is 1. The molecule has 0 spiro atoms. The lowest BCUT2D eigenvalue weighted by Gasteiger charge is -2.34. The molecular formula is C63H102N18O19S2. The maximum atomic E-state index is 15.4. The SMILES string of the molecule is CC[C@H](C)[C@@H]1NC(=O)NC(=O)CCNC(=O)[C@H](CC(=O)O)NC(=O)[C@@H]2CCCN2C(=O)[C@H]([C@@H](C)CC)NC(=O)[C@H]2NC(=O)[C@H]([C@@H](C)CC)NC(=O)[C@@H]3CCCN3C(=O)[C@@H]3CCCN3C(=O)[C@H](CC(C)C)NC(=O)[C@H](CO)NC(=O)[C@H](CCCNC(=N)N)NC(=O)[C@H](CO)NC(=O)[C@@H](NC1=O)SS2. The van der Waals surface area contributed by atoms with Crippen LogP contribution in [-0.4, -0.2) is 254 Å². The van der Waals surface area contributed by atoms with Crippen molar-refractivity contribution in [2.75, 3.05) is 45.9 Å². The highest BCUT2D eigenvalue weighted by molar-refractivity contribution is 8.77. The van der Waals surface area contributed by atoms with Gasteiger partial charge in [-0.05, 0) is 81.5 Å². The molecule has 19 N–H and O–H groups in total. The number of carbonyl (C=O) groups excluding carboxylic acids is 15. The van der Waals surface area contributed by atoms with E-state index in [0.717, 1.165) is 4.90 Å². The van der Waals surface area contributed by atoms with Crippen LogP contribution in [0.15, 0.2) is 0 Å². The van der Waals surface area contributed by atoms with Crippen molar-refractivity contribution in [2.45, 2.75) is 222 Å². The number of nitrogens with zero attached hydrogens (tertiary/aromatic N) is 3. The van der Waals surface area contributed by atoms with Gasteiger partial charge in [0.1, 0.15) is 66.5 Å². The fourth-order valence-electron chi connectivity index (χ4n) is 12.2. The third-order valence-electron chi connectivity index (χ3n) is 18.6. The van der Waals surface area contributed by atoms with Crippen molar-refractivity contribution in [3.63, 3.8) is 0 Å². The van der Waals surface area contributed by atoms with Crippen LogP contribution in [0.25, 0.3) is 0 Å². The normalized spacial score (nSPS) is 29.2. The van der Waals surface area contributed by atoms with Crippen LogP contribution in [0.4, 0.5) is 4.79 Å². The molecule has 5 aliphatic rings. The molecular weight excluding hydrogens is 1380 g/mol. The minimum atomic E-state index is -2.05. The van der Waals surface area contributed by atoms with Gasteiger partial charge in [-0.25, -0.2) is 4.79 Å². The molecule has 5 saturated heterocycles. The molecule has 37 nitrogen and oxygen atoms in total. The number of hydrogen-bond donors (Lipinski definition) is 18. The lowest BCUT2D eigenvalue weighted by Crippen LogP contribution is -2.61. The molecule has 16 atom stereocenters. The van der Waals surface area contributed by atoms with Crippen molar-refractivity contribution < 1.29 is 92.0 Å². The Morgan fingerprint density at radius 2 is 0.951 bits per heavy atom. The van der Waals surface area contributed by atoms with E-state index in [1.807, 2.05) is 5.32 Å². The first-order valence-electron chi connectivity index (χ1n) is 34.7. The average molecular weight is 1480 g/mol. The van der Waals surface area contributed by atoms with Crippen LogP contribution in [0.3, 0.4) is 0 Å². The Morgan fingerprint density at radius 3 is 1.46 bits per heavy atom. The fraction of sp³-hybridized carbons (Fsp3) is 0.730. The molecule has 5 aliphatic heterocycles. The monoisotopic (exact) mass is 1480 g/mol. The molecule has 39 heteroatoms. The lowest BCUT2D eigenvalue weighted by atomic mass is 9.97. The quantitative estimate of drug-likeness (QED) is 0.0299. The van der Waals surface area contributed by atoms with Crippen LogP contribution in [0.5, 0.6) is 0 Å². The predicted molar refractivity (Wildman–Crippen MR) is 368 cm³/mol. The van der Waals surface area contributed by atoms with Crippen LogP contribution >= 0.6 is 21.6 Å². The van der Waals surface area contributed by atoms with Crippen LogP contribution < -0.4 is 74.9 Å². The number of carboxylic acids is 1. The Kier molecular flexibility index (Phi) is 33.2. The summed E-state index contributed by atoms with van der Waals surface area (Å²) in [6, 6.07) is -18.2. The highest BCUT2D eigenvalue weighted by Crippen LogP contribution is 2.32. The molecule has 102 heavy (non-hydrogen) atoms. The Labute approximate surface area is 598 Å². The maximum absolute atomic E-state index is 15.4. The van der Waals surface area contributed by atoms with Crippen molar-refractivity contribution in [2.24, 2.45) is 29.4 Å². The predicted octanol–water partition coefficient (Wildman–Crippen LogP) is -4.75. The van der Waals surface area contributed by atoms with Gasteiger partial charge >= 0.3 is 12.0 Å². The van der Waals surface area contributed by atoms with E-state index >= 15 is 19.2 Å². The third-order valence-corrected chi connectivity index (χ3v) is 21.3. The smallest absolute Gasteiger partial charge is 0.322 e. The van der Waals surface area contributed by atoms with Gasteiger partial charge in [-0.2, -0.15) is 0 Å². The molecule has 0 saturated carbocycles. The van der Waals surface area contributed by atoms with Crippen LogP contribution in [0.1, 0.15) is 145 Å². The second-order valence-corrected chi connectivity index (χ2v) is 29.1. The lowest BCUT2D eigenvalue weighted by molar-refractivity contribution is -0.148. The van der Waals surface area contributed by atoms with Gasteiger partial charge in [-0.3, -0.25) is 82.6 Å². The zero-order valence-corrected chi connectivity index (χ0v) is 60.4. The van der Waals surface area contributed by atoms with Crippen LogP contribution in [-0.2, 0) is 71.9 Å². The molecule has 2 bridgehead atoms. The molecule has 0 unspecified atom stereocenters. The molecule has 0 aromatic rings. The number of hydrogen-bond acceptors (Lipinski definition) is 21. The van der Waals surface area contributed by atoms with Gasteiger partial charge in [-0.15, -0.1) is 0 Å². The molecule has 5 fully saturated rings. The van der Waals surface area contributed by atoms with E-state index in [1.165, 1.54) is 16.7 Å². The maximum Gasteiger partial charge on any atom is 0.322 e. The van der Waals surface area contributed by atoms with Crippen molar-refractivity contribution in [1.29, 1.82) is 5.41 Å². The first-order chi connectivity index (χ1) is 48.3. The van der Waals surface area contributed by atoms with Crippen LogP contribution in [0.2, 0.25) is 0 Å². The molecule has 5 heterocycles. The number of nitrogens with one attached hydrogen (secondary N) is 14. The zero-order chi connectivity index (χ0) is 75.8. The number of aliphatic hydroxyl groups excluding tert-OH is 2. The zero-order valence-electron chi connectivity index (χ0n) is 58.8. The second kappa shape index (κ2) is 40.3. The topological polar surface area (TPSA) is 550 Å². The Morgan fingerprint density at radius 1 is 0.520 bits per heavy atom. The number of rotatable bonds is 16. The van der Waals surface area contributed by atoms with E-state index < -0.39 is 228 Å². The first kappa shape index (κ1) is 84.1. The van der Waals surface area contributed by atoms with Gasteiger partial charge in [0, 0.05) is 39.1 Å². The van der Waals surface area contributed by atoms with Gasteiger partial charge < -0.3 is 99.6 Å². The van der Waals surface area contributed by atoms with Crippen molar-refractivity contribution in [1.82, 2.24) is 83.8 Å². The number of carboxylic acid groups (broad SMARTS) is 1. The summed E-state index contributed by atoms with van der Waals surface area (Å²) >= 11 is 0. The molecule has 5 rings (SSSR count). The van der Waals surface area contributed by atoms with Crippen molar-refractivity contribution in [3.05, 3.63) is 0 Å². The highest BCUT2D eigenvalue weighted by atomic mass is 33.1. The number of nitrogens with two attached hydrogens (primary N) is 1. The molecule has 570 valence electrons. The number of guanidine groups is 1. The summed E-state index contributed by atoms with van der Waals surface area (Å²) in [5.41, 5.74) is 5.49. The Hall–Kier alpha value is -8.59. The summed E-state index contributed by atoms with van der Waals surface area (Å²) in [5.74, 6) is -18.5. The third kappa shape index (κ3) is 23.7. The van der Waals surface area contributed by atoms with Gasteiger partial charge in [-0.1, -0.05) is 96.2 Å². The largest absolute Gasteiger partial charge is 0.481 e. The number of fused-ring (bicyclic) bond motifs is 6. The van der Waals surface area contributed by atoms with E-state index in [9.17, 15) is 72.9 Å². The molecule has 0 aromatic carbocycles. The van der Waals surface area contributed by atoms with E-state index in [2.05, 4.69) is 63.8 Å².